The van der Waals surface area contributed by atoms with Gasteiger partial charge in [-0.25, -0.2) is 0 Å². The molecule has 3 aromatic rings. The third-order valence-corrected chi connectivity index (χ3v) is 3.00. The maximum Gasteiger partial charge on any atom is 0.260 e. The van der Waals surface area contributed by atoms with E-state index in [1.807, 2.05) is 24.3 Å². The highest BCUT2D eigenvalue weighted by atomic mass is 79.9. The highest BCUT2D eigenvalue weighted by Crippen LogP contribution is 2.28. The van der Waals surface area contributed by atoms with Crippen LogP contribution < -0.4 is 5.73 Å². The number of H-pyrrole nitrogens is 1. The first kappa shape index (κ1) is 11.0. The first-order valence-electron chi connectivity index (χ1n) is 5.27. The highest BCUT2D eigenvalue weighted by molar-refractivity contribution is 9.10. The van der Waals surface area contributed by atoms with Gasteiger partial charge in [0.05, 0.1) is 11.3 Å². The number of rotatable bonds is 2. The lowest BCUT2D eigenvalue weighted by Gasteiger charge is -2.00. The van der Waals surface area contributed by atoms with E-state index in [9.17, 15) is 0 Å². The van der Waals surface area contributed by atoms with Gasteiger partial charge in [0, 0.05) is 16.4 Å². The topological polar surface area (TPSA) is 80.7 Å². The Bertz CT molecular complexity index is 675. The molecule has 2 aromatic heterocycles. The minimum Gasteiger partial charge on any atom is -0.398 e. The van der Waals surface area contributed by atoms with Crippen LogP contribution in [0.15, 0.2) is 45.5 Å². The van der Waals surface area contributed by atoms with E-state index in [1.54, 1.807) is 12.3 Å². The Kier molecular flexibility index (Phi) is 2.64. The van der Waals surface area contributed by atoms with Crippen molar-refractivity contribution in [3.63, 3.8) is 0 Å². The van der Waals surface area contributed by atoms with E-state index in [-0.39, 0.29) is 0 Å². The zero-order valence-corrected chi connectivity index (χ0v) is 10.8. The predicted octanol–water partition coefficient (Wildman–Crippen LogP) is 3.08. The Balaban J connectivity index is 2.03. The number of aromatic amines is 1. The molecule has 90 valence electrons. The molecule has 0 unspecified atom stereocenters. The van der Waals surface area contributed by atoms with E-state index in [2.05, 4.69) is 31.1 Å². The van der Waals surface area contributed by atoms with Gasteiger partial charge in [0.2, 0.25) is 5.82 Å². The lowest BCUT2D eigenvalue weighted by Crippen LogP contribution is -1.90. The number of hydrogen-bond acceptors (Lipinski definition) is 4. The minimum atomic E-state index is 0.407. The molecule has 0 radical (unpaired) electrons. The van der Waals surface area contributed by atoms with E-state index in [1.165, 1.54) is 0 Å². The summed E-state index contributed by atoms with van der Waals surface area (Å²) in [5.41, 5.74) is 8.04. The number of hydrogen-bond donors (Lipinski definition) is 2. The first-order valence-corrected chi connectivity index (χ1v) is 6.06. The average molecular weight is 305 g/mol. The van der Waals surface area contributed by atoms with Crippen molar-refractivity contribution in [1.82, 2.24) is 15.1 Å². The second-order valence-corrected chi connectivity index (χ2v) is 4.65. The number of aromatic nitrogens is 3. The predicted molar refractivity (Wildman–Crippen MR) is 71.6 cm³/mol. The fraction of sp³-hybridized carbons (Fsp3) is 0. The molecule has 0 amide bonds. The van der Waals surface area contributed by atoms with Gasteiger partial charge in [-0.2, -0.15) is 4.98 Å². The van der Waals surface area contributed by atoms with Gasteiger partial charge in [-0.3, -0.25) is 0 Å². The smallest absolute Gasteiger partial charge is 0.260 e. The van der Waals surface area contributed by atoms with Gasteiger partial charge in [0.25, 0.3) is 5.89 Å². The second kappa shape index (κ2) is 4.30. The summed E-state index contributed by atoms with van der Waals surface area (Å²) < 4.78 is 6.13. The van der Waals surface area contributed by atoms with Crippen molar-refractivity contribution in [3.05, 3.63) is 41.0 Å². The maximum atomic E-state index is 5.92. The van der Waals surface area contributed by atoms with Crippen LogP contribution >= 0.6 is 15.9 Å². The van der Waals surface area contributed by atoms with Crippen LogP contribution in [-0.4, -0.2) is 15.1 Å². The zero-order valence-electron chi connectivity index (χ0n) is 9.22. The van der Waals surface area contributed by atoms with Gasteiger partial charge in [0.1, 0.15) is 0 Å². The highest BCUT2D eigenvalue weighted by Gasteiger charge is 2.13. The SMILES string of the molecule is Nc1cc(Br)ccc1-c1nc(-c2ccc[nH]2)no1. The molecule has 0 aliphatic heterocycles. The molecular weight excluding hydrogens is 296 g/mol. The molecule has 0 saturated heterocycles. The van der Waals surface area contributed by atoms with Crippen molar-refractivity contribution in [2.24, 2.45) is 0 Å². The van der Waals surface area contributed by atoms with Gasteiger partial charge in [-0.15, -0.1) is 0 Å². The summed E-state index contributed by atoms with van der Waals surface area (Å²) in [5.74, 6) is 0.918. The zero-order chi connectivity index (χ0) is 12.5. The summed E-state index contributed by atoms with van der Waals surface area (Å²) in [4.78, 5) is 7.33. The summed E-state index contributed by atoms with van der Waals surface area (Å²) in [7, 11) is 0. The van der Waals surface area contributed by atoms with Gasteiger partial charge in [-0.1, -0.05) is 21.1 Å². The summed E-state index contributed by atoms with van der Waals surface area (Å²) in [6, 6.07) is 9.27. The molecule has 0 bridgehead atoms. The van der Waals surface area contributed by atoms with E-state index in [0.717, 1.165) is 15.7 Å². The number of anilines is 1. The van der Waals surface area contributed by atoms with Crippen molar-refractivity contribution in [2.75, 3.05) is 5.73 Å². The number of benzene rings is 1. The first-order chi connectivity index (χ1) is 8.74. The van der Waals surface area contributed by atoms with Crippen molar-refractivity contribution in [1.29, 1.82) is 0 Å². The minimum absolute atomic E-state index is 0.407. The fourth-order valence-electron chi connectivity index (χ4n) is 1.64. The van der Waals surface area contributed by atoms with E-state index in [0.29, 0.717) is 17.4 Å². The summed E-state index contributed by atoms with van der Waals surface area (Å²) in [6.07, 6.45) is 1.80. The summed E-state index contributed by atoms with van der Waals surface area (Å²) >= 11 is 3.35. The van der Waals surface area contributed by atoms with Crippen LogP contribution in [-0.2, 0) is 0 Å². The third-order valence-electron chi connectivity index (χ3n) is 2.51. The van der Waals surface area contributed by atoms with Crippen molar-refractivity contribution < 1.29 is 4.52 Å². The van der Waals surface area contributed by atoms with Crippen LogP contribution in [0.3, 0.4) is 0 Å². The molecule has 2 heterocycles. The normalized spacial score (nSPS) is 10.7. The monoisotopic (exact) mass is 304 g/mol. The van der Waals surface area contributed by atoms with E-state index < -0.39 is 0 Å². The number of nitrogens with one attached hydrogen (secondary N) is 1. The number of nitrogens with zero attached hydrogens (tertiary/aromatic N) is 2. The number of halogens is 1. The van der Waals surface area contributed by atoms with Crippen LogP contribution in [0, 0.1) is 0 Å². The molecule has 0 fully saturated rings. The average Bonchev–Trinajstić information content (AvgIpc) is 2.99. The van der Waals surface area contributed by atoms with Crippen molar-refractivity contribution in [3.8, 4) is 23.0 Å². The molecule has 0 saturated carbocycles. The maximum absolute atomic E-state index is 5.92. The quantitative estimate of drug-likeness (QED) is 0.713. The van der Waals surface area contributed by atoms with Crippen LogP contribution in [0.4, 0.5) is 5.69 Å². The largest absolute Gasteiger partial charge is 0.398 e. The molecule has 0 aliphatic carbocycles. The number of nitrogen functional groups attached to an aromatic ring is 1. The van der Waals surface area contributed by atoms with Crippen molar-refractivity contribution in [2.45, 2.75) is 0 Å². The Morgan fingerprint density at radius 1 is 1.28 bits per heavy atom. The Labute approximate surface area is 111 Å². The third kappa shape index (κ3) is 1.91. The molecule has 5 nitrogen and oxygen atoms in total. The van der Waals surface area contributed by atoms with E-state index >= 15 is 0 Å². The molecule has 0 spiro atoms. The van der Waals surface area contributed by atoms with Gasteiger partial charge >= 0.3 is 0 Å². The molecular formula is C12H9BrN4O. The van der Waals surface area contributed by atoms with Crippen LogP contribution in [0.1, 0.15) is 0 Å². The van der Waals surface area contributed by atoms with Gasteiger partial charge in [0.15, 0.2) is 0 Å². The molecule has 0 aliphatic rings. The lowest BCUT2D eigenvalue weighted by molar-refractivity contribution is 0.432. The van der Waals surface area contributed by atoms with E-state index in [4.69, 9.17) is 10.3 Å². The molecule has 18 heavy (non-hydrogen) atoms. The summed E-state index contributed by atoms with van der Waals surface area (Å²) in [5, 5.41) is 3.91. The fourth-order valence-corrected chi connectivity index (χ4v) is 2.02. The standard InChI is InChI=1S/C12H9BrN4O/c13-7-3-4-8(9(14)6-7)12-16-11(17-18-12)10-2-1-5-15-10/h1-6,15H,14H2. The molecule has 3 rings (SSSR count). The lowest BCUT2D eigenvalue weighted by atomic mass is 10.2. The van der Waals surface area contributed by atoms with Crippen molar-refractivity contribution >= 4 is 21.6 Å². The second-order valence-electron chi connectivity index (χ2n) is 3.74. The molecule has 0 atom stereocenters. The Morgan fingerprint density at radius 2 is 2.17 bits per heavy atom. The van der Waals surface area contributed by atoms with Gasteiger partial charge < -0.3 is 15.2 Å². The molecule has 6 heteroatoms. The van der Waals surface area contributed by atoms with Gasteiger partial charge in [-0.05, 0) is 30.3 Å². The van der Waals surface area contributed by atoms with Crippen LogP contribution in [0.5, 0.6) is 0 Å². The Hall–Kier alpha value is -2.08. The molecule has 1 aromatic carbocycles. The van der Waals surface area contributed by atoms with Crippen LogP contribution in [0.2, 0.25) is 0 Å². The number of nitrogens with two attached hydrogens (primary N) is 1. The molecule has 3 N–H and O–H groups in total. The van der Waals surface area contributed by atoms with Crippen LogP contribution in [0.25, 0.3) is 23.0 Å². The Morgan fingerprint density at radius 3 is 2.89 bits per heavy atom. The summed E-state index contributed by atoms with van der Waals surface area (Å²) in [6.45, 7) is 0.